The molecule has 3 aliphatic rings. The molecule has 5 heteroatoms. The van der Waals surface area contributed by atoms with Gasteiger partial charge in [0.25, 0.3) is 0 Å². The van der Waals surface area contributed by atoms with Crippen molar-refractivity contribution in [2.24, 2.45) is 11.3 Å². The molecule has 1 aromatic rings. The van der Waals surface area contributed by atoms with E-state index in [4.69, 9.17) is 9.47 Å². The monoisotopic (exact) mass is 502 g/mol. The van der Waals surface area contributed by atoms with Gasteiger partial charge in [-0.3, -0.25) is 0 Å². The molecular weight excluding hydrogens is 468 g/mol. The first-order valence-corrected chi connectivity index (χ1v) is 12.6. The van der Waals surface area contributed by atoms with E-state index < -0.39 is 0 Å². The summed E-state index contributed by atoms with van der Waals surface area (Å²) in [6, 6.07) is 5.04. The van der Waals surface area contributed by atoms with E-state index in [-0.39, 0.29) is 40.9 Å². The van der Waals surface area contributed by atoms with Gasteiger partial charge in [-0.05, 0) is 99.5 Å². The van der Waals surface area contributed by atoms with E-state index in [0.717, 1.165) is 43.2 Å². The van der Waals surface area contributed by atoms with Gasteiger partial charge in [-0.1, -0.05) is 41.6 Å². The first-order valence-electron chi connectivity index (χ1n) is 11.7. The summed E-state index contributed by atoms with van der Waals surface area (Å²) in [6.07, 6.45) is 6.08. The highest BCUT2D eigenvalue weighted by Gasteiger charge is 2.53. The van der Waals surface area contributed by atoms with Crippen LogP contribution in [-0.4, -0.2) is 33.7 Å². The van der Waals surface area contributed by atoms with Crippen molar-refractivity contribution in [3.8, 4) is 5.75 Å². The van der Waals surface area contributed by atoms with Crippen molar-refractivity contribution >= 4 is 21.9 Å². The van der Waals surface area contributed by atoms with Crippen molar-refractivity contribution in [3.05, 3.63) is 53.6 Å². The summed E-state index contributed by atoms with van der Waals surface area (Å²) in [5, 5.41) is 10.6. The smallest absolute Gasteiger partial charge is 0.338 e. The van der Waals surface area contributed by atoms with Gasteiger partial charge in [0.15, 0.2) is 0 Å². The van der Waals surface area contributed by atoms with Crippen molar-refractivity contribution in [2.45, 2.75) is 88.4 Å². The maximum Gasteiger partial charge on any atom is 0.338 e. The van der Waals surface area contributed by atoms with Gasteiger partial charge in [-0.15, -0.1) is 0 Å². The van der Waals surface area contributed by atoms with Crippen molar-refractivity contribution in [1.82, 2.24) is 0 Å². The first-order chi connectivity index (χ1) is 15.0. The summed E-state index contributed by atoms with van der Waals surface area (Å²) in [7, 11) is 0. The Hall–Kier alpha value is -1.59. The minimum atomic E-state index is -0.379. The molecule has 0 spiro atoms. The third kappa shape index (κ3) is 4.43. The molecule has 6 atom stereocenters. The minimum Gasteiger partial charge on any atom is -0.508 e. The van der Waals surface area contributed by atoms with Crippen LogP contribution in [-0.2, 0) is 15.9 Å². The van der Waals surface area contributed by atoms with Crippen LogP contribution in [0.5, 0.6) is 5.75 Å². The van der Waals surface area contributed by atoms with Crippen LogP contribution in [0.15, 0.2) is 42.5 Å². The lowest BCUT2D eigenvalue weighted by Gasteiger charge is -2.47. The second kappa shape index (κ2) is 8.64. The van der Waals surface area contributed by atoms with Gasteiger partial charge in [-0.25, -0.2) is 4.79 Å². The van der Waals surface area contributed by atoms with Crippen LogP contribution in [0, 0.1) is 11.3 Å². The third-order valence-corrected chi connectivity index (χ3v) is 9.65. The zero-order valence-electron chi connectivity index (χ0n) is 19.5. The van der Waals surface area contributed by atoms with Gasteiger partial charge in [-0.2, -0.15) is 0 Å². The number of rotatable bonds is 1. The molecule has 1 N–H and O–H groups in total. The number of alkyl halides is 1. The standard InChI is InChI=1S/C27H35BrO4/c1-16(2)22-10-13-27(5)24(32-27)11-12-26(4)20(17(3)6-9-23(26)28)15-19-14-18(25(30)31-22)7-8-21(19)29/h7-8,14,20,22-24,29H,1,3,6,9-13,15H2,2,4-5H3/t20-,22-,23+,24-,26-,27-/m0/s1. The Bertz CT molecular complexity index is 940. The molecule has 2 heterocycles. The second-order valence-corrected chi connectivity index (χ2v) is 11.6. The molecule has 1 aromatic carbocycles. The van der Waals surface area contributed by atoms with Crippen LogP contribution in [0.4, 0.5) is 0 Å². The molecule has 174 valence electrons. The SMILES string of the molecule is C=C(C)[C@@H]1CC[C@]2(C)O[C@H]2CC[C@]2(C)[C@H](Br)CCC(=C)[C@@H]2Cc2cc(ccc2O)C(=O)O1. The summed E-state index contributed by atoms with van der Waals surface area (Å²) in [4.78, 5) is 13.3. The van der Waals surface area contributed by atoms with Crippen LogP contribution in [0.25, 0.3) is 0 Å². The number of carbonyl (C=O) groups is 1. The molecule has 0 amide bonds. The fourth-order valence-electron chi connectivity index (χ4n) is 5.64. The molecule has 4 rings (SSSR count). The van der Waals surface area contributed by atoms with E-state index >= 15 is 0 Å². The molecule has 2 aliphatic heterocycles. The van der Waals surface area contributed by atoms with Crippen molar-refractivity contribution in [3.63, 3.8) is 0 Å². The van der Waals surface area contributed by atoms with Gasteiger partial charge in [0.2, 0.25) is 0 Å². The fourth-order valence-corrected chi connectivity index (χ4v) is 6.42. The van der Waals surface area contributed by atoms with E-state index in [0.29, 0.717) is 23.2 Å². The molecule has 1 saturated heterocycles. The number of fused-ring (bicyclic) bond motifs is 4. The van der Waals surface area contributed by atoms with Crippen LogP contribution < -0.4 is 0 Å². The Labute approximate surface area is 200 Å². The third-order valence-electron chi connectivity index (χ3n) is 8.14. The number of carbonyl (C=O) groups excluding carboxylic acids is 1. The molecule has 32 heavy (non-hydrogen) atoms. The maximum absolute atomic E-state index is 13.0. The number of aromatic hydroxyl groups is 1. The number of ether oxygens (including phenoxy) is 2. The van der Waals surface area contributed by atoms with Crippen molar-refractivity contribution in [1.29, 1.82) is 0 Å². The summed E-state index contributed by atoms with van der Waals surface area (Å²) < 4.78 is 12.0. The predicted molar refractivity (Wildman–Crippen MR) is 130 cm³/mol. The van der Waals surface area contributed by atoms with Gasteiger partial charge >= 0.3 is 5.97 Å². The zero-order chi connectivity index (χ0) is 23.3. The molecule has 2 bridgehead atoms. The Kier molecular flexibility index (Phi) is 6.36. The lowest BCUT2D eigenvalue weighted by atomic mass is 9.61. The second-order valence-electron chi connectivity index (χ2n) is 10.5. The normalized spacial score (nSPS) is 37.9. The Morgan fingerprint density at radius 3 is 2.69 bits per heavy atom. The molecule has 4 nitrogen and oxygen atoms in total. The zero-order valence-corrected chi connectivity index (χ0v) is 21.0. The van der Waals surface area contributed by atoms with Crippen LogP contribution in [0.3, 0.4) is 0 Å². The number of cyclic esters (lactones) is 1. The Morgan fingerprint density at radius 1 is 1.22 bits per heavy atom. The first kappa shape index (κ1) is 23.6. The number of phenolic OH excluding ortho intramolecular Hbond substituents is 1. The van der Waals surface area contributed by atoms with Gasteiger partial charge in [0, 0.05) is 4.83 Å². The number of esters is 1. The predicted octanol–water partition coefficient (Wildman–Crippen LogP) is 6.50. The van der Waals surface area contributed by atoms with Crippen LogP contribution in [0.2, 0.25) is 0 Å². The van der Waals surface area contributed by atoms with Crippen molar-refractivity contribution in [2.75, 3.05) is 0 Å². The van der Waals surface area contributed by atoms with Crippen molar-refractivity contribution < 1.29 is 19.4 Å². The molecule has 0 aromatic heterocycles. The summed E-state index contributed by atoms with van der Waals surface area (Å²) in [6.45, 7) is 14.9. The van der Waals surface area contributed by atoms with Crippen LogP contribution >= 0.6 is 15.9 Å². The van der Waals surface area contributed by atoms with E-state index in [9.17, 15) is 9.90 Å². The number of benzene rings is 1. The van der Waals surface area contributed by atoms with E-state index in [2.05, 4.69) is 42.9 Å². The highest BCUT2D eigenvalue weighted by molar-refractivity contribution is 9.09. The molecule has 2 fully saturated rings. The lowest BCUT2D eigenvalue weighted by molar-refractivity contribution is 0.0343. The Balaban J connectivity index is 1.72. The maximum atomic E-state index is 13.0. The molecular formula is C27H35BrO4. The molecule has 1 saturated carbocycles. The van der Waals surface area contributed by atoms with Gasteiger partial charge < -0.3 is 14.6 Å². The highest BCUT2D eigenvalue weighted by atomic mass is 79.9. The summed E-state index contributed by atoms with van der Waals surface area (Å²) in [5.41, 5.74) is 3.11. The average molecular weight is 503 g/mol. The average Bonchev–Trinajstić information content (AvgIpc) is 3.40. The van der Waals surface area contributed by atoms with E-state index in [1.165, 1.54) is 5.57 Å². The van der Waals surface area contributed by atoms with Crippen LogP contribution in [0.1, 0.15) is 75.2 Å². The van der Waals surface area contributed by atoms with E-state index in [1.54, 1.807) is 18.2 Å². The van der Waals surface area contributed by atoms with Gasteiger partial charge in [0.05, 0.1) is 17.3 Å². The number of phenols is 1. The number of hydrogen-bond acceptors (Lipinski definition) is 4. The number of halogens is 1. The summed E-state index contributed by atoms with van der Waals surface area (Å²) in [5.74, 6) is 0.0412. The Morgan fingerprint density at radius 2 is 1.97 bits per heavy atom. The molecule has 0 radical (unpaired) electrons. The summed E-state index contributed by atoms with van der Waals surface area (Å²) >= 11 is 3.98. The fraction of sp³-hybridized carbons (Fsp3) is 0.593. The molecule has 1 aliphatic carbocycles. The molecule has 0 unspecified atom stereocenters. The van der Waals surface area contributed by atoms with E-state index in [1.807, 2.05) is 6.92 Å². The number of epoxide rings is 1. The van der Waals surface area contributed by atoms with Gasteiger partial charge in [0.1, 0.15) is 11.9 Å². The number of allylic oxidation sites excluding steroid dienone is 1. The minimum absolute atomic E-state index is 0.00837. The topological polar surface area (TPSA) is 59.1 Å². The largest absolute Gasteiger partial charge is 0.508 e. The number of hydrogen-bond donors (Lipinski definition) is 1. The lowest BCUT2D eigenvalue weighted by Crippen LogP contribution is -2.42. The quantitative estimate of drug-likeness (QED) is 0.206. The highest BCUT2D eigenvalue weighted by Crippen LogP contribution is 2.54.